The second-order valence-electron chi connectivity index (χ2n) is 8.24. The zero-order chi connectivity index (χ0) is 22.9. The maximum atomic E-state index is 13.6. The van der Waals surface area contributed by atoms with E-state index in [9.17, 15) is 23.3 Å². The number of nitro groups is 1. The van der Waals surface area contributed by atoms with Crippen molar-refractivity contribution in [2.75, 3.05) is 28.6 Å². The molecule has 9 heteroatoms. The zero-order valence-electron chi connectivity index (χ0n) is 17.8. The Morgan fingerprint density at radius 1 is 1.09 bits per heavy atom. The summed E-state index contributed by atoms with van der Waals surface area (Å²) < 4.78 is 24.1. The summed E-state index contributed by atoms with van der Waals surface area (Å²) in [5.74, 6) is -0.700. The number of hydrogen-bond donors (Lipinski definition) is 0. The van der Waals surface area contributed by atoms with E-state index in [0.717, 1.165) is 43.3 Å². The van der Waals surface area contributed by atoms with Crippen LogP contribution in [0.5, 0.6) is 0 Å². The van der Waals surface area contributed by atoms with Gasteiger partial charge in [0, 0.05) is 35.8 Å². The number of anilines is 2. The molecule has 2 heterocycles. The van der Waals surface area contributed by atoms with Crippen LogP contribution in [0.3, 0.4) is 0 Å². The summed E-state index contributed by atoms with van der Waals surface area (Å²) in [7, 11) is -3.40. The van der Waals surface area contributed by atoms with Crippen molar-refractivity contribution >= 4 is 32.8 Å². The Morgan fingerprint density at radius 2 is 1.78 bits per heavy atom. The highest BCUT2D eigenvalue weighted by molar-refractivity contribution is 7.94. The summed E-state index contributed by atoms with van der Waals surface area (Å²) >= 11 is 0. The fourth-order valence-corrected chi connectivity index (χ4v) is 5.50. The van der Waals surface area contributed by atoms with Gasteiger partial charge in [-0.3, -0.25) is 14.9 Å². The number of amides is 1. The van der Waals surface area contributed by atoms with Crippen molar-refractivity contribution in [2.45, 2.75) is 32.2 Å². The number of aryl methyl sites for hydroxylation is 1. The summed E-state index contributed by atoms with van der Waals surface area (Å²) in [5, 5.41) is 12.9. The van der Waals surface area contributed by atoms with Gasteiger partial charge >= 0.3 is 0 Å². The first-order valence-corrected chi connectivity index (χ1v) is 12.3. The average Bonchev–Trinajstić information content (AvgIpc) is 3.14. The molecule has 0 aliphatic carbocycles. The molecule has 0 saturated carbocycles. The molecular formula is C23H25N3O5S. The quantitative estimate of drug-likeness (QED) is 0.501. The van der Waals surface area contributed by atoms with Crippen LogP contribution in [0.25, 0.3) is 0 Å². The Labute approximate surface area is 187 Å². The van der Waals surface area contributed by atoms with E-state index in [1.807, 2.05) is 24.0 Å². The number of sulfone groups is 1. The fraction of sp³-hybridized carbons (Fsp3) is 0.348. The van der Waals surface area contributed by atoms with Gasteiger partial charge in [-0.05, 0) is 56.5 Å². The van der Waals surface area contributed by atoms with Crippen LogP contribution in [0.2, 0.25) is 0 Å². The molecule has 2 aromatic rings. The van der Waals surface area contributed by atoms with E-state index in [-0.39, 0.29) is 17.0 Å². The van der Waals surface area contributed by atoms with Crippen LogP contribution in [0, 0.1) is 17.0 Å². The highest BCUT2D eigenvalue weighted by atomic mass is 32.2. The monoisotopic (exact) mass is 455 g/mol. The SMILES string of the molecule is Cc1ccc(N(C(=O)c2ccc(N3CCCCC3)c([N+](=O)[O-])c2)[C@H]2C=CS(=O)(=O)C2)cc1. The number of benzene rings is 2. The fourth-order valence-electron chi connectivity index (χ4n) is 4.23. The molecule has 2 aliphatic heterocycles. The van der Waals surface area contributed by atoms with Crippen LogP contribution in [-0.4, -0.2) is 44.1 Å². The van der Waals surface area contributed by atoms with E-state index in [0.29, 0.717) is 11.4 Å². The normalized spacial score (nSPS) is 19.7. The molecule has 1 fully saturated rings. The van der Waals surface area contributed by atoms with E-state index < -0.39 is 26.7 Å². The molecule has 1 amide bonds. The molecule has 0 radical (unpaired) electrons. The lowest BCUT2D eigenvalue weighted by Gasteiger charge is -2.30. The Bertz CT molecular complexity index is 1170. The van der Waals surface area contributed by atoms with E-state index in [1.54, 1.807) is 24.3 Å². The minimum Gasteiger partial charge on any atom is -0.366 e. The highest BCUT2D eigenvalue weighted by Gasteiger charge is 2.33. The number of rotatable bonds is 5. The predicted molar refractivity (Wildman–Crippen MR) is 124 cm³/mol. The molecule has 0 spiro atoms. The first-order chi connectivity index (χ1) is 15.2. The molecule has 2 aliphatic rings. The Hall–Kier alpha value is -3.20. The average molecular weight is 456 g/mol. The minimum absolute atomic E-state index is 0.115. The molecule has 168 valence electrons. The van der Waals surface area contributed by atoms with Gasteiger partial charge in [0.05, 0.1) is 16.7 Å². The molecule has 0 N–H and O–H groups in total. The Balaban J connectivity index is 1.73. The molecule has 0 aromatic heterocycles. The number of nitrogens with zero attached hydrogens (tertiary/aromatic N) is 3. The van der Waals surface area contributed by atoms with Crippen LogP contribution in [0.1, 0.15) is 35.2 Å². The van der Waals surface area contributed by atoms with Gasteiger partial charge in [0.2, 0.25) is 0 Å². The molecule has 1 saturated heterocycles. The van der Waals surface area contributed by atoms with Crippen molar-refractivity contribution in [3.63, 3.8) is 0 Å². The summed E-state index contributed by atoms with van der Waals surface area (Å²) in [6.07, 6.45) is 4.54. The largest absolute Gasteiger partial charge is 0.366 e. The van der Waals surface area contributed by atoms with Gasteiger partial charge < -0.3 is 9.80 Å². The summed E-state index contributed by atoms with van der Waals surface area (Å²) in [4.78, 5) is 28.3. The van der Waals surface area contributed by atoms with Gasteiger partial charge in [-0.2, -0.15) is 0 Å². The van der Waals surface area contributed by atoms with Gasteiger partial charge in [0.25, 0.3) is 11.6 Å². The molecule has 8 nitrogen and oxygen atoms in total. The number of hydrogen-bond acceptors (Lipinski definition) is 6. The Kier molecular flexibility index (Phi) is 6.01. The first-order valence-electron chi connectivity index (χ1n) is 10.6. The van der Waals surface area contributed by atoms with E-state index in [4.69, 9.17) is 0 Å². The third-order valence-corrected chi connectivity index (χ3v) is 7.27. The number of carbonyl (C=O) groups excluding carboxylic acids is 1. The van der Waals surface area contributed by atoms with E-state index in [2.05, 4.69) is 0 Å². The number of carbonyl (C=O) groups is 1. The van der Waals surface area contributed by atoms with Crippen molar-refractivity contribution in [1.82, 2.24) is 0 Å². The van der Waals surface area contributed by atoms with Gasteiger partial charge in [0.1, 0.15) is 5.69 Å². The van der Waals surface area contributed by atoms with Gasteiger partial charge in [-0.1, -0.05) is 17.7 Å². The van der Waals surface area contributed by atoms with Gasteiger partial charge in [-0.15, -0.1) is 0 Å². The lowest BCUT2D eigenvalue weighted by molar-refractivity contribution is -0.384. The predicted octanol–water partition coefficient (Wildman–Crippen LogP) is 3.85. The number of piperidine rings is 1. The third kappa shape index (κ3) is 4.52. The molecule has 4 rings (SSSR count). The van der Waals surface area contributed by atoms with Crippen molar-refractivity contribution in [2.24, 2.45) is 0 Å². The molecule has 1 atom stereocenters. The van der Waals surface area contributed by atoms with Gasteiger partial charge in [-0.25, -0.2) is 8.42 Å². The molecular weight excluding hydrogens is 430 g/mol. The topological polar surface area (TPSA) is 101 Å². The third-order valence-electron chi connectivity index (χ3n) is 5.89. The summed E-state index contributed by atoms with van der Waals surface area (Å²) in [6, 6.07) is 11.0. The second kappa shape index (κ2) is 8.74. The Morgan fingerprint density at radius 3 is 2.38 bits per heavy atom. The van der Waals surface area contributed by atoms with E-state index >= 15 is 0 Å². The van der Waals surface area contributed by atoms with Crippen LogP contribution in [0.15, 0.2) is 53.9 Å². The number of nitro benzene ring substituents is 1. The highest BCUT2D eigenvalue weighted by Crippen LogP contribution is 2.33. The van der Waals surface area contributed by atoms with Crippen molar-refractivity contribution in [1.29, 1.82) is 0 Å². The lowest BCUT2D eigenvalue weighted by atomic mass is 10.1. The van der Waals surface area contributed by atoms with Crippen molar-refractivity contribution in [3.8, 4) is 0 Å². The van der Waals surface area contributed by atoms with Crippen LogP contribution in [-0.2, 0) is 9.84 Å². The van der Waals surface area contributed by atoms with Crippen molar-refractivity contribution in [3.05, 3.63) is 75.2 Å². The van der Waals surface area contributed by atoms with Crippen LogP contribution >= 0.6 is 0 Å². The van der Waals surface area contributed by atoms with Crippen LogP contribution < -0.4 is 9.80 Å². The minimum atomic E-state index is -3.40. The second-order valence-corrected chi connectivity index (χ2v) is 10.2. The summed E-state index contributed by atoms with van der Waals surface area (Å²) in [6.45, 7) is 3.40. The molecule has 0 unspecified atom stereocenters. The maximum Gasteiger partial charge on any atom is 0.293 e. The molecule has 0 bridgehead atoms. The standard InChI is InChI=1S/C23H25N3O5S/c1-17-5-8-19(9-6-17)25(20-11-14-32(30,31)16-20)23(27)18-7-10-21(22(15-18)26(28)29)24-12-3-2-4-13-24/h5-11,14-15,20H,2-4,12-13,16H2,1H3/t20-/m0/s1. The maximum absolute atomic E-state index is 13.6. The van der Waals surface area contributed by atoms with Gasteiger partial charge in [0.15, 0.2) is 9.84 Å². The molecule has 32 heavy (non-hydrogen) atoms. The van der Waals surface area contributed by atoms with Crippen LogP contribution in [0.4, 0.5) is 17.1 Å². The zero-order valence-corrected chi connectivity index (χ0v) is 18.6. The van der Waals surface area contributed by atoms with Crippen molar-refractivity contribution < 1.29 is 18.1 Å². The smallest absolute Gasteiger partial charge is 0.293 e. The van der Waals surface area contributed by atoms with E-state index in [1.165, 1.54) is 17.0 Å². The molecule has 2 aromatic carbocycles. The first kappa shape index (κ1) is 22.0. The lowest BCUT2D eigenvalue weighted by Crippen LogP contribution is -2.41. The summed E-state index contributed by atoms with van der Waals surface area (Å²) in [5.41, 5.74) is 2.08.